The van der Waals surface area contributed by atoms with E-state index in [0.29, 0.717) is 19.4 Å². The number of nitrogens with one attached hydrogen (secondary N) is 2. The van der Waals surface area contributed by atoms with Gasteiger partial charge in [0.2, 0.25) is 5.91 Å². The van der Waals surface area contributed by atoms with E-state index in [1.807, 2.05) is 36.4 Å². The largest absolute Gasteiger partial charge is 0.463 e. The molecule has 0 radical (unpaired) electrons. The summed E-state index contributed by atoms with van der Waals surface area (Å²) in [7, 11) is 0. The van der Waals surface area contributed by atoms with Crippen LogP contribution in [0.4, 0.5) is 0 Å². The fourth-order valence-corrected chi connectivity index (χ4v) is 5.74. The number of likely N-dealkylation sites (N-methyl/N-ethyl adjacent to an activating group) is 1. The lowest BCUT2D eigenvalue weighted by atomic mass is 9.87. The average Bonchev–Trinajstić information content (AvgIpc) is 3.56. The van der Waals surface area contributed by atoms with E-state index < -0.39 is 17.9 Å². The van der Waals surface area contributed by atoms with E-state index in [2.05, 4.69) is 82.6 Å². The van der Waals surface area contributed by atoms with E-state index in [1.54, 1.807) is 12.5 Å². The third kappa shape index (κ3) is 7.67. The van der Waals surface area contributed by atoms with Crippen LogP contribution in [-0.2, 0) is 33.6 Å². The lowest BCUT2D eigenvalue weighted by Crippen LogP contribution is -2.47. The van der Waals surface area contributed by atoms with E-state index in [1.165, 1.54) is 0 Å². The molecular weight excluding hydrogens is 536 g/mol. The van der Waals surface area contributed by atoms with Gasteiger partial charge in [0.25, 0.3) is 0 Å². The number of rotatable bonds is 14. The zero-order chi connectivity index (χ0) is 30.0. The Balaban J connectivity index is 1.42. The van der Waals surface area contributed by atoms with Crippen molar-refractivity contribution in [3.8, 4) is 0 Å². The van der Waals surface area contributed by atoms with Crippen molar-refractivity contribution in [2.24, 2.45) is 5.92 Å². The maximum absolute atomic E-state index is 14.2. The molecule has 5 aromatic rings. The molecule has 5 rings (SSSR count). The van der Waals surface area contributed by atoms with Crippen molar-refractivity contribution in [3.05, 3.63) is 114 Å². The summed E-state index contributed by atoms with van der Waals surface area (Å²) in [4.78, 5) is 36.9. The zero-order valence-electron chi connectivity index (χ0n) is 25.0. The number of nitrogens with zero attached hydrogens (tertiary/aromatic N) is 2. The number of esters is 1. The lowest BCUT2D eigenvalue weighted by Gasteiger charge is -2.24. The topological polar surface area (TPSA) is 87.3 Å². The molecule has 0 aliphatic carbocycles. The number of carbonyl (C=O) groups is 2. The van der Waals surface area contributed by atoms with E-state index in [-0.39, 0.29) is 18.9 Å². The van der Waals surface area contributed by atoms with Crippen LogP contribution in [0.5, 0.6) is 0 Å². The van der Waals surface area contributed by atoms with E-state index >= 15 is 0 Å². The molecule has 4 aromatic carbocycles. The number of benzene rings is 4. The van der Waals surface area contributed by atoms with Crippen LogP contribution in [0.2, 0.25) is 0 Å². The Bertz CT molecular complexity index is 1550. The van der Waals surface area contributed by atoms with Gasteiger partial charge in [-0.25, -0.2) is 9.78 Å². The summed E-state index contributed by atoms with van der Waals surface area (Å²) in [5.41, 5.74) is 2.96. The van der Waals surface area contributed by atoms with Crippen LogP contribution in [0.3, 0.4) is 0 Å². The second-order valence-corrected chi connectivity index (χ2v) is 10.9. The number of imidazole rings is 1. The van der Waals surface area contributed by atoms with Crippen LogP contribution < -0.4 is 5.32 Å². The summed E-state index contributed by atoms with van der Waals surface area (Å²) >= 11 is 0. The van der Waals surface area contributed by atoms with Gasteiger partial charge >= 0.3 is 5.97 Å². The number of fused-ring (bicyclic) bond motifs is 2. The van der Waals surface area contributed by atoms with Gasteiger partial charge in [0.05, 0.1) is 6.33 Å². The van der Waals surface area contributed by atoms with Gasteiger partial charge in [-0.1, -0.05) is 98.8 Å². The Kier molecular flexibility index (Phi) is 10.2. The molecule has 0 aliphatic heterocycles. The first-order chi connectivity index (χ1) is 21.1. The maximum atomic E-state index is 14.2. The molecule has 1 atom stereocenters. The smallest absolute Gasteiger partial charge is 0.329 e. The predicted molar refractivity (Wildman–Crippen MR) is 172 cm³/mol. The normalized spacial score (nSPS) is 12.2. The Morgan fingerprint density at radius 1 is 0.814 bits per heavy atom. The fraction of sp³-hybridized carbons (Fsp3) is 0.306. The molecular formula is C36H40N4O3. The number of carbonyl (C=O) groups excluding carboxylic acids is 2. The number of ether oxygens (including phenoxy) is 1. The summed E-state index contributed by atoms with van der Waals surface area (Å²) < 4.78 is 5.69. The molecule has 0 fully saturated rings. The van der Waals surface area contributed by atoms with Crippen LogP contribution in [0.1, 0.15) is 30.7 Å². The highest BCUT2D eigenvalue weighted by Crippen LogP contribution is 2.26. The maximum Gasteiger partial charge on any atom is 0.329 e. The molecule has 0 spiro atoms. The lowest BCUT2D eigenvalue weighted by molar-refractivity contribution is -0.148. The van der Waals surface area contributed by atoms with E-state index in [0.717, 1.165) is 51.5 Å². The number of amides is 1. The summed E-state index contributed by atoms with van der Waals surface area (Å²) in [6, 6.07) is 28.1. The third-order valence-corrected chi connectivity index (χ3v) is 8.19. The minimum absolute atomic E-state index is 0.175. The Morgan fingerprint density at radius 2 is 1.40 bits per heavy atom. The Hall–Kier alpha value is -4.49. The molecule has 7 heteroatoms. The van der Waals surface area contributed by atoms with Crippen molar-refractivity contribution in [1.82, 2.24) is 20.2 Å². The Morgan fingerprint density at radius 3 is 1.95 bits per heavy atom. The molecule has 222 valence electrons. The monoisotopic (exact) mass is 576 g/mol. The summed E-state index contributed by atoms with van der Waals surface area (Å²) in [5, 5.41) is 7.62. The molecule has 0 saturated carbocycles. The summed E-state index contributed by atoms with van der Waals surface area (Å²) in [6.07, 6.45) is 4.58. The van der Waals surface area contributed by atoms with Gasteiger partial charge in [-0.2, -0.15) is 0 Å². The number of hydrogen-bond donors (Lipinski definition) is 2. The van der Waals surface area contributed by atoms with Crippen molar-refractivity contribution in [2.75, 3.05) is 26.2 Å². The Labute approximate surface area is 253 Å². The summed E-state index contributed by atoms with van der Waals surface area (Å²) in [5.74, 6) is -1.03. The number of H-pyrrole nitrogens is 1. The van der Waals surface area contributed by atoms with Crippen molar-refractivity contribution >= 4 is 33.4 Å². The number of aromatic nitrogens is 2. The molecule has 0 aliphatic rings. The van der Waals surface area contributed by atoms with E-state index in [9.17, 15) is 9.59 Å². The highest BCUT2D eigenvalue weighted by molar-refractivity contribution is 5.90. The first kappa shape index (κ1) is 30.0. The molecule has 1 aromatic heterocycles. The SMILES string of the molecule is CCN(CC)CCOC(=O)C(Cc1cnc[nH]1)NC(=O)C(Cc1cccc2ccccc12)Cc1cccc2ccccc12. The van der Waals surface area contributed by atoms with Crippen LogP contribution in [-0.4, -0.2) is 59.0 Å². The second-order valence-electron chi connectivity index (χ2n) is 10.9. The van der Waals surface area contributed by atoms with Crippen LogP contribution in [0, 0.1) is 5.92 Å². The quantitative estimate of drug-likeness (QED) is 0.165. The fourth-order valence-electron chi connectivity index (χ4n) is 5.74. The van der Waals surface area contributed by atoms with Crippen molar-refractivity contribution in [1.29, 1.82) is 0 Å². The van der Waals surface area contributed by atoms with Crippen molar-refractivity contribution in [2.45, 2.75) is 39.2 Å². The number of aromatic amines is 1. The minimum atomic E-state index is -0.841. The van der Waals surface area contributed by atoms with Crippen LogP contribution in [0.15, 0.2) is 97.5 Å². The molecule has 0 bridgehead atoms. The molecule has 1 heterocycles. The van der Waals surface area contributed by atoms with Gasteiger partial charge in [0.15, 0.2) is 0 Å². The van der Waals surface area contributed by atoms with Crippen LogP contribution in [0.25, 0.3) is 21.5 Å². The molecule has 2 N–H and O–H groups in total. The van der Waals surface area contributed by atoms with Crippen molar-refractivity contribution < 1.29 is 14.3 Å². The standard InChI is InChI=1S/C36H40N4O3/c1-3-40(4-2)19-20-43-36(42)34(23-31-24-37-25-38-31)39-35(41)30(21-28-15-9-13-26-11-5-7-17-32(26)28)22-29-16-10-14-27-12-6-8-18-33(27)29/h5-18,24-25,30,34H,3-4,19-23H2,1-2H3,(H,37,38)(H,39,41). The average molecular weight is 577 g/mol. The molecule has 43 heavy (non-hydrogen) atoms. The van der Waals surface area contributed by atoms with Gasteiger partial charge in [-0.15, -0.1) is 0 Å². The highest BCUT2D eigenvalue weighted by Gasteiger charge is 2.28. The summed E-state index contributed by atoms with van der Waals surface area (Å²) in [6.45, 7) is 6.84. The van der Waals surface area contributed by atoms with Gasteiger partial charge in [-0.05, 0) is 58.6 Å². The highest BCUT2D eigenvalue weighted by atomic mass is 16.5. The predicted octanol–water partition coefficient (Wildman–Crippen LogP) is 5.73. The first-order valence-electron chi connectivity index (χ1n) is 15.2. The van der Waals surface area contributed by atoms with E-state index in [4.69, 9.17) is 4.74 Å². The molecule has 1 amide bonds. The molecule has 7 nitrogen and oxygen atoms in total. The molecule has 0 saturated heterocycles. The van der Waals surface area contributed by atoms with Gasteiger partial charge < -0.3 is 19.9 Å². The van der Waals surface area contributed by atoms with Crippen LogP contribution >= 0.6 is 0 Å². The van der Waals surface area contributed by atoms with Gasteiger partial charge in [0, 0.05) is 30.8 Å². The van der Waals surface area contributed by atoms with Gasteiger partial charge in [-0.3, -0.25) is 4.79 Å². The van der Waals surface area contributed by atoms with Crippen molar-refractivity contribution in [3.63, 3.8) is 0 Å². The van der Waals surface area contributed by atoms with Gasteiger partial charge in [0.1, 0.15) is 12.6 Å². The minimum Gasteiger partial charge on any atom is -0.463 e. The second kappa shape index (κ2) is 14.6. The number of hydrogen-bond acceptors (Lipinski definition) is 5. The zero-order valence-corrected chi connectivity index (χ0v) is 25.0. The first-order valence-corrected chi connectivity index (χ1v) is 15.2. The molecule has 1 unspecified atom stereocenters. The third-order valence-electron chi connectivity index (χ3n) is 8.19.